The second kappa shape index (κ2) is 7.80. The minimum Gasteiger partial charge on any atom is -0.376 e. The highest BCUT2D eigenvalue weighted by Crippen LogP contribution is 2.31. The molecule has 1 aliphatic rings. The van der Waals surface area contributed by atoms with Gasteiger partial charge in [-0.05, 0) is 48.4 Å². The third-order valence-electron chi connectivity index (χ3n) is 4.48. The van der Waals surface area contributed by atoms with Gasteiger partial charge in [0.2, 0.25) is 5.91 Å². The van der Waals surface area contributed by atoms with Crippen LogP contribution in [-0.4, -0.2) is 32.4 Å². The predicted octanol–water partition coefficient (Wildman–Crippen LogP) is 3.08. The molecule has 2 heterocycles. The van der Waals surface area contributed by atoms with Crippen LogP contribution in [0.15, 0.2) is 58.9 Å². The highest BCUT2D eigenvalue weighted by Gasteiger charge is 2.26. The summed E-state index contributed by atoms with van der Waals surface area (Å²) in [7, 11) is -3.75. The highest BCUT2D eigenvalue weighted by molar-refractivity contribution is 7.93. The average Bonchev–Trinajstić information content (AvgIpc) is 3.35. The lowest BCUT2D eigenvalue weighted by Crippen LogP contribution is -2.34. The van der Waals surface area contributed by atoms with Gasteiger partial charge in [0.05, 0.1) is 11.4 Å². The summed E-state index contributed by atoms with van der Waals surface area (Å²) < 4.78 is 40.8. The van der Waals surface area contributed by atoms with Crippen LogP contribution in [0.2, 0.25) is 0 Å². The number of nitrogens with one attached hydrogen (secondary N) is 2. The Labute approximate surface area is 171 Å². The standard InChI is InChI=1S/C19H17FN4O3S2/c20-14-2-1-3-15(11-14)22-12-18(25)24-8-6-13-10-16(4-5-17(13)24)29(26,27)23-19-21-7-9-28-19/h1-5,7,9-11,22H,6,8,12H2,(H,21,23). The minimum absolute atomic E-state index is 0.00848. The van der Waals surface area contributed by atoms with Crippen LogP contribution < -0.4 is 14.9 Å². The Kier molecular flexibility index (Phi) is 5.20. The van der Waals surface area contributed by atoms with Crippen molar-refractivity contribution in [3.63, 3.8) is 0 Å². The van der Waals surface area contributed by atoms with Crippen LogP contribution in [0.4, 0.5) is 20.9 Å². The third kappa shape index (κ3) is 4.22. The normalized spacial score (nSPS) is 13.2. The van der Waals surface area contributed by atoms with Crippen molar-refractivity contribution in [2.75, 3.05) is 28.0 Å². The SMILES string of the molecule is O=C(CNc1cccc(F)c1)N1CCc2cc(S(=O)(=O)Nc3nccs3)ccc21. The topological polar surface area (TPSA) is 91.4 Å². The molecule has 1 aromatic heterocycles. The van der Waals surface area contributed by atoms with Gasteiger partial charge < -0.3 is 10.2 Å². The summed E-state index contributed by atoms with van der Waals surface area (Å²) in [5.74, 6) is -0.557. The fraction of sp³-hybridized carbons (Fsp3) is 0.158. The van der Waals surface area contributed by atoms with E-state index in [1.165, 1.54) is 35.7 Å². The largest absolute Gasteiger partial charge is 0.376 e. The van der Waals surface area contributed by atoms with Crippen LogP contribution in [0.5, 0.6) is 0 Å². The van der Waals surface area contributed by atoms with Gasteiger partial charge in [-0.25, -0.2) is 17.8 Å². The number of sulfonamides is 1. The summed E-state index contributed by atoms with van der Waals surface area (Å²) in [6, 6.07) is 10.6. The molecule has 1 aliphatic heterocycles. The molecule has 0 fully saturated rings. The van der Waals surface area contributed by atoms with Gasteiger partial charge in [-0.15, -0.1) is 11.3 Å². The molecule has 7 nitrogen and oxygen atoms in total. The van der Waals surface area contributed by atoms with E-state index < -0.39 is 10.0 Å². The second-order valence-electron chi connectivity index (χ2n) is 6.39. The first kappa shape index (κ1) is 19.3. The first-order valence-corrected chi connectivity index (χ1v) is 11.1. The first-order valence-electron chi connectivity index (χ1n) is 8.77. The van der Waals surface area contributed by atoms with Crippen LogP contribution in [0.3, 0.4) is 0 Å². The number of rotatable bonds is 6. The average molecular weight is 433 g/mol. The van der Waals surface area contributed by atoms with Gasteiger partial charge >= 0.3 is 0 Å². The molecule has 4 rings (SSSR count). The van der Waals surface area contributed by atoms with Crippen LogP contribution in [0, 0.1) is 5.82 Å². The third-order valence-corrected chi connectivity index (χ3v) is 6.63. The summed E-state index contributed by atoms with van der Waals surface area (Å²) in [6.45, 7) is 0.469. The van der Waals surface area contributed by atoms with E-state index >= 15 is 0 Å². The van der Waals surface area contributed by atoms with E-state index in [1.54, 1.807) is 34.5 Å². The number of carbonyl (C=O) groups is 1. The molecule has 150 valence electrons. The Hall–Kier alpha value is -2.98. The Morgan fingerprint density at radius 3 is 2.86 bits per heavy atom. The molecule has 0 radical (unpaired) electrons. The molecule has 1 amide bonds. The molecule has 0 unspecified atom stereocenters. The van der Waals surface area contributed by atoms with E-state index in [-0.39, 0.29) is 23.2 Å². The van der Waals surface area contributed by atoms with E-state index in [0.29, 0.717) is 29.5 Å². The Morgan fingerprint density at radius 2 is 2.10 bits per heavy atom. The molecule has 29 heavy (non-hydrogen) atoms. The molecule has 2 aromatic carbocycles. The lowest BCUT2D eigenvalue weighted by molar-refractivity contribution is -0.116. The zero-order chi connectivity index (χ0) is 20.4. The Morgan fingerprint density at radius 1 is 1.24 bits per heavy atom. The maximum Gasteiger partial charge on any atom is 0.263 e. The predicted molar refractivity (Wildman–Crippen MR) is 110 cm³/mol. The van der Waals surface area contributed by atoms with Crippen molar-refractivity contribution in [2.24, 2.45) is 0 Å². The maximum absolute atomic E-state index is 13.3. The smallest absolute Gasteiger partial charge is 0.263 e. The number of carbonyl (C=O) groups excluding carboxylic acids is 1. The van der Waals surface area contributed by atoms with Crippen molar-refractivity contribution < 1.29 is 17.6 Å². The lowest BCUT2D eigenvalue weighted by Gasteiger charge is -2.18. The maximum atomic E-state index is 13.3. The second-order valence-corrected chi connectivity index (χ2v) is 8.97. The van der Waals surface area contributed by atoms with E-state index in [4.69, 9.17) is 0 Å². The van der Waals surface area contributed by atoms with Crippen molar-refractivity contribution in [1.29, 1.82) is 0 Å². The molecule has 0 aliphatic carbocycles. The van der Waals surface area contributed by atoms with Crippen molar-refractivity contribution in [3.05, 3.63) is 65.4 Å². The number of benzene rings is 2. The zero-order valence-corrected chi connectivity index (χ0v) is 16.8. The van der Waals surface area contributed by atoms with Crippen molar-refractivity contribution in [3.8, 4) is 0 Å². The molecule has 0 spiro atoms. The number of fused-ring (bicyclic) bond motifs is 1. The lowest BCUT2D eigenvalue weighted by atomic mass is 10.2. The minimum atomic E-state index is -3.75. The number of amides is 1. The number of thiazole rings is 1. The van der Waals surface area contributed by atoms with E-state index in [2.05, 4.69) is 15.0 Å². The van der Waals surface area contributed by atoms with Crippen LogP contribution >= 0.6 is 11.3 Å². The van der Waals surface area contributed by atoms with Gasteiger partial charge in [-0.1, -0.05) is 6.07 Å². The van der Waals surface area contributed by atoms with E-state index in [0.717, 1.165) is 5.56 Å². The monoisotopic (exact) mass is 432 g/mol. The fourth-order valence-electron chi connectivity index (χ4n) is 3.12. The van der Waals surface area contributed by atoms with Crippen LogP contribution in [0.1, 0.15) is 5.56 Å². The summed E-state index contributed by atoms with van der Waals surface area (Å²) in [5, 5.41) is 4.89. The molecule has 2 N–H and O–H groups in total. The number of nitrogens with zero attached hydrogens (tertiary/aromatic N) is 2. The number of aromatic nitrogens is 1. The summed E-state index contributed by atoms with van der Waals surface area (Å²) >= 11 is 1.19. The van der Waals surface area contributed by atoms with Gasteiger partial charge in [-0.3, -0.25) is 9.52 Å². The van der Waals surface area contributed by atoms with Gasteiger partial charge in [0.25, 0.3) is 10.0 Å². The quantitative estimate of drug-likeness (QED) is 0.625. The molecular formula is C19H17FN4O3S2. The first-order chi connectivity index (χ1) is 13.9. The van der Waals surface area contributed by atoms with Crippen molar-refractivity contribution >= 4 is 43.8 Å². The fourth-order valence-corrected chi connectivity index (χ4v) is 4.96. The van der Waals surface area contributed by atoms with Crippen molar-refractivity contribution in [1.82, 2.24) is 4.98 Å². The van der Waals surface area contributed by atoms with Gasteiger partial charge in [0.15, 0.2) is 5.13 Å². The van der Waals surface area contributed by atoms with Crippen LogP contribution in [0.25, 0.3) is 0 Å². The van der Waals surface area contributed by atoms with Crippen LogP contribution in [-0.2, 0) is 21.2 Å². The number of hydrogen-bond donors (Lipinski definition) is 2. The highest BCUT2D eigenvalue weighted by atomic mass is 32.2. The number of hydrogen-bond acceptors (Lipinski definition) is 6. The van der Waals surface area contributed by atoms with Gasteiger partial charge in [0, 0.05) is 29.5 Å². The molecular weight excluding hydrogens is 415 g/mol. The Balaban J connectivity index is 1.47. The zero-order valence-electron chi connectivity index (χ0n) is 15.1. The Bertz CT molecular complexity index is 1150. The van der Waals surface area contributed by atoms with E-state index in [1.807, 2.05) is 0 Å². The molecule has 0 saturated heterocycles. The molecule has 0 bridgehead atoms. The number of halogens is 1. The number of anilines is 3. The summed E-state index contributed by atoms with van der Waals surface area (Å²) in [5.41, 5.74) is 1.99. The van der Waals surface area contributed by atoms with E-state index in [9.17, 15) is 17.6 Å². The molecule has 3 aromatic rings. The van der Waals surface area contributed by atoms with Gasteiger partial charge in [0.1, 0.15) is 5.82 Å². The van der Waals surface area contributed by atoms with Gasteiger partial charge in [-0.2, -0.15) is 0 Å². The summed E-state index contributed by atoms with van der Waals surface area (Å²) in [6.07, 6.45) is 2.08. The molecule has 10 heteroatoms. The molecule has 0 atom stereocenters. The van der Waals surface area contributed by atoms with Crippen molar-refractivity contribution in [2.45, 2.75) is 11.3 Å². The summed E-state index contributed by atoms with van der Waals surface area (Å²) in [4.78, 5) is 18.2. The molecule has 0 saturated carbocycles.